The molecule has 1 aromatic heterocycles. The SMILES string of the molecule is CO[C@]1(C)C[C@H](O[C@H]2[C@H](C)[C@@H](O[C@@H]3O[C@H](C)C[C@H](N(C)C)[C@H]3O)[C@@](C)(OCC(O)CNCCNc3ccc4ncccc4c3)C[C@@H](C)C(=O)[C@H](C)N3CC[C@@H](C3)OC(=O)[C@@H]2C)O[C@@H](C)[C@@H]1O. The fourth-order valence-electron chi connectivity index (χ4n) is 10.5. The van der Waals surface area contributed by atoms with Crippen molar-refractivity contribution >= 4 is 28.3 Å². The molecule has 2 bridgehead atoms. The average Bonchev–Trinajstić information content (AvgIpc) is 3.76. The van der Waals surface area contributed by atoms with E-state index >= 15 is 0 Å². The van der Waals surface area contributed by atoms with Gasteiger partial charge in [-0.15, -0.1) is 0 Å². The Morgan fingerprint density at radius 1 is 1.00 bits per heavy atom. The van der Waals surface area contributed by atoms with Crippen LogP contribution in [0.4, 0.5) is 5.69 Å². The van der Waals surface area contributed by atoms with E-state index in [9.17, 15) is 24.9 Å². The molecular weight excluding hydrogens is 851 g/mol. The summed E-state index contributed by atoms with van der Waals surface area (Å²) in [6.45, 7) is 17.0. The molecule has 1 aromatic carbocycles. The highest BCUT2D eigenvalue weighted by molar-refractivity contribution is 5.86. The van der Waals surface area contributed by atoms with Crippen molar-refractivity contribution in [3.05, 3.63) is 36.5 Å². The van der Waals surface area contributed by atoms with Gasteiger partial charge in [0.15, 0.2) is 18.4 Å². The predicted octanol–water partition coefficient (Wildman–Crippen LogP) is 3.36. The lowest BCUT2D eigenvalue weighted by Crippen LogP contribution is -2.61. The second kappa shape index (κ2) is 22.7. The van der Waals surface area contributed by atoms with E-state index in [0.717, 1.165) is 16.6 Å². The van der Waals surface area contributed by atoms with Gasteiger partial charge in [-0.05, 0) is 99.2 Å². The molecule has 17 heteroatoms. The van der Waals surface area contributed by atoms with E-state index in [-0.39, 0.29) is 43.9 Å². The Morgan fingerprint density at radius 3 is 2.48 bits per heavy atom. The van der Waals surface area contributed by atoms with Gasteiger partial charge in [0.05, 0.1) is 65.8 Å². The molecule has 0 radical (unpaired) electrons. The quantitative estimate of drug-likeness (QED) is 0.128. The normalized spacial score (nSPS) is 40.0. The van der Waals surface area contributed by atoms with Crippen molar-refractivity contribution in [1.29, 1.82) is 0 Å². The molecule has 0 amide bonds. The monoisotopic (exact) mass is 930 g/mol. The van der Waals surface area contributed by atoms with E-state index in [2.05, 4.69) is 20.5 Å². The Balaban J connectivity index is 1.31. The van der Waals surface area contributed by atoms with Crippen molar-refractivity contribution in [1.82, 2.24) is 20.1 Å². The lowest BCUT2D eigenvalue weighted by molar-refractivity contribution is -0.321. The number of pyridine rings is 1. The lowest BCUT2D eigenvalue weighted by Gasteiger charge is -2.50. The van der Waals surface area contributed by atoms with Crippen molar-refractivity contribution in [3.63, 3.8) is 0 Å². The second-order valence-electron chi connectivity index (χ2n) is 20.2. The topological polar surface area (TPSA) is 203 Å². The van der Waals surface area contributed by atoms with Gasteiger partial charge in [-0.1, -0.05) is 19.9 Å². The fraction of sp³-hybridized carbons (Fsp3) is 0.776. The van der Waals surface area contributed by atoms with Crippen LogP contribution in [0.25, 0.3) is 10.9 Å². The van der Waals surface area contributed by atoms with E-state index in [4.69, 9.17) is 33.2 Å². The number of fused-ring (bicyclic) bond motifs is 3. The molecule has 5 N–H and O–H groups in total. The number of hydrogen-bond donors (Lipinski definition) is 5. The Kier molecular flexibility index (Phi) is 18.0. The number of ether oxygens (including phenoxy) is 7. The van der Waals surface area contributed by atoms with E-state index in [1.54, 1.807) is 27.0 Å². The largest absolute Gasteiger partial charge is 0.461 e. The first-order valence-corrected chi connectivity index (χ1v) is 24.0. The summed E-state index contributed by atoms with van der Waals surface area (Å²) in [7, 11) is 5.33. The molecule has 66 heavy (non-hydrogen) atoms. The third-order valence-electron chi connectivity index (χ3n) is 14.6. The zero-order chi connectivity index (χ0) is 48.1. The molecule has 2 unspecified atom stereocenters. The molecule has 4 aliphatic heterocycles. The summed E-state index contributed by atoms with van der Waals surface area (Å²) in [5, 5.41) is 42.3. The van der Waals surface area contributed by atoms with Crippen LogP contribution in [0.2, 0.25) is 0 Å². The Bertz CT molecular complexity index is 1900. The number of aliphatic hydroxyl groups excluding tert-OH is 3. The molecule has 17 nitrogen and oxygen atoms in total. The van der Waals surface area contributed by atoms with Crippen LogP contribution in [0.3, 0.4) is 0 Å². The number of carbonyl (C=O) groups is 2. The van der Waals surface area contributed by atoms with Gasteiger partial charge in [0, 0.05) is 81.4 Å². The summed E-state index contributed by atoms with van der Waals surface area (Å²) in [6, 6.07) is 9.17. The maximum absolute atomic E-state index is 14.4. The van der Waals surface area contributed by atoms with Crippen molar-refractivity contribution in [2.45, 2.75) is 166 Å². The molecule has 4 fully saturated rings. The third-order valence-corrected chi connectivity index (χ3v) is 14.6. The molecule has 0 spiro atoms. The Hall–Kier alpha value is -2.91. The van der Waals surface area contributed by atoms with Crippen molar-refractivity contribution in [2.24, 2.45) is 17.8 Å². The van der Waals surface area contributed by atoms with Crippen molar-refractivity contribution in [2.75, 3.05) is 65.9 Å². The number of anilines is 1. The number of rotatable bonds is 15. The smallest absolute Gasteiger partial charge is 0.311 e. The third kappa shape index (κ3) is 12.5. The standard InChI is InChI=1S/C49H79N5O12/c1-28-23-49(8,61-27-36(55)25-50-18-19-51-35-14-15-38-34(22-35)13-12-17-52-38)45(66-47-42(57)39(53(9)10)21-29(2)62-47)30(3)43(65-40-24-48(7,60-11)44(58)33(6)63-40)31(4)46(59)64-37-16-20-54(26-37)32(5)41(28)56/h12-15,17,22,28-33,36-37,39-40,42-45,47,50-51,55,57-58H,16,18-21,23-27H2,1-11H3/t28-,29-,30+,31-,32+,33+,36?,37+,39+,40+,42-,43+,44+,45-,47+,48-,49+/m1/s1. The number of methoxy groups -OCH3 is 1. The minimum atomic E-state index is -1.35. The first-order valence-electron chi connectivity index (χ1n) is 24.0. The van der Waals surface area contributed by atoms with Crippen LogP contribution in [0.5, 0.6) is 0 Å². The summed E-state index contributed by atoms with van der Waals surface area (Å²) >= 11 is 0. The molecule has 4 saturated heterocycles. The van der Waals surface area contributed by atoms with Gasteiger partial charge < -0.3 is 64.0 Å². The summed E-state index contributed by atoms with van der Waals surface area (Å²) < 4.78 is 45.6. The summed E-state index contributed by atoms with van der Waals surface area (Å²) in [5.74, 6) is -2.63. The number of carbonyl (C=O) groups excluding carboxylic acids is 2. The fourth-order valence-corrected chi connectivity index (χ4v) is 10.5. The summed E-state index contributed by atoms with van der Waals surface area (Å²) in [4.78, 5) is 37.2. The lowest BCUT2D eigenvalue weighted by atomic mass is 9.76. The molecule has 0 aliphatic carbocycles. The minimum absolute atomic E-state index is 0.00364. The van der Waals surface area contributed by atoms with Gasteiger partial charge in [-0.3, -0.25) is 19.5 Å². The molecule has 372 valence electrons. The van der Waals surface area contributed by atoms with E-state index in [0.29, 0.717) is 39.0 Å². The van der Waals surface area contributed by atoms with E-state index in [1.165, 1.54) is 7.11 Å². The predicted molar refractivity (Wildman–Crippen MR) is 249 cm³/mol. The van der Waals surface area contributed by atoms with Crippen LogP contribution < -0.4 is 10.6 Å². The van der Waals surface area contributed by atoms with Crippen LogP contribution in [0, 0.1) is 17.8 Å². The highest BCUT2D eigenvalue weighted by Crippen LogP contribution is 2.41. The molecule has 5 heterocycles. The zero-order valence-electron chi connectivity index (χ0n) is 41.1. The van der Waals surface area contributed by atoms with Crippen LogP contribution >= 0.6 is 0 Å². The number of Topliss-reactive ketones (excluding diaryl/α,β-unsaturated/α-hetero) is 1. The Labute approximate surface area is 391 Å². The second-order valence-corrected chi connectivity index (χ2v) is 20.2. The highest BCUT2D eigenvalue weighted by atomic mass is 16.7. The number of aromatic nitrogens is 1. The molecule has 6 rings (SSSR count). The molecule has 0 saturated carbocycles. The number of aliphatic hydroxyl groups is 3. The van der Waals surface area contributed by atoms with E-state index < -0.39 is 96.3 Å². The number of esters is 1. The number of likely N-dealkylation sites (N-methyl/N-ethyl adjacent to an activating group) is 1. The number of hydrogen-bond acceptors (Lipinski definition) is 17. The molecule has 18 atom stereocenters. The minimum Gasteiger partial charge on any atom is -0.461 e. The van der Waals surface area contributed by atoms with Crippen molar-refractivity contribution < 1.29 is 58.1 Å². The van der Waals surface area contributed by atoms with E-state index in [1.807, 2.05) is 83.9 Å². The first kappa shape index (κ1) is 52.5. The maximum Gasteiger partial charge on any atom is 0.311 e. The number of nitrogens with one attached hydrogen (secondary N) is 2. The molecular formula is C49H79N5O12. The van der Waals surface area contributed by atoms with Gasteiger partial charge >= 0.3 is 5.97 Å². The summed E-state index contributed by atoms with van der Waals surface area (Å²) in [5.41, 5.74) is -0.483. The maximum atomic E-state index is 14.4. The van der Waals surface area contributed by atoms with Gasteiger partial charge in [-0.25, -0.2) is 0 Å². The number of benzene rings is 1. The van der Waals surface area contributed by atoms with Crippen LogP contribution in [-0.2, 0) is 42.7 Å². The average molecular weight is 930 g/mol. The van der Waals surface area contributed by atoms with Gasteiger partial charge in [0.1, 0.15) is 18.3 Å². The van der Waals surface area contributed by atoms with Gasteiger partial charge in [0.25, 0.3) is 0 Å². The van der Waals surface area contributed by atoms with Crippen LogP contribution in [0.15, 0.2) is 36.5 Å². The number of nitrogens with zero attached hydrogens (tertiary/aromatic N) is 3. The molecule has 4 aliphatic rings. The van der Waals surface area contributed by atoms with Crippen LogP contribution in [0.1, 0.15) is 81.1 Å². The van der Waals surface area contributed by atoms with Gasteiger partial charge in [-0.2, -0.15) is 0 Å². The highest BCUT2D eigenvalue weighted by Gasteiger charge is 2.53. The van der Waals surface area contributed by atoms with Crippen molar-refractivity contribution in [3.8, 4) is 0 Å². The Morgan fingerprint density at radius 2 is 1.76 bits per heavy atom. The van der Waals surface area contributed by atoms with Gasteiger partial charge in [0.2, 0.25) is 0 Å². The van der Waals surface area contributed by atoms with Crippen LogP contribution in [-0.4, -0.2) is 187 Å². The first-order chi connectivity index (χ1) is 31.2. The zero-order valence-corrected chi connectivity index (χ0v) is 41.1. The number of ketones is 1. The molecule has 2 aromatic rings. The summed E-state index contributed by atoms with van der Waals surface area (Å²) in [6.07, 6.45) is -5.14.